The normalized spacial score (nSPS) is 16.0. The molecular weight excluding hydrogens is 369 g/mol. The van der Waals surface area contributed by atoms with Gasteiger partial charge in [-0.15, -0.1) is 0 Å². The van der Waals surface area contributed by atoms with Gasteiger partial charge in [-0.3, -0.25) is 9.59 Å². The average molecular weight is 391 g/mol. The lowest BCUT2D eigenvalue weighted by molar-refractivity contribution is -0.137. The van der Waals surface area contributed by atoms with Gasteiger partial charge in [0, 0.05) is 18.0 Å². The molecule has 1 saturated carbocycles. The number of nitrogens with zero attached hydrogens (tertiary/aromatic N) is 1. The van der Waals surface area contributed by atoms with Crippen molar-refractivity contribution in [1.82, 2.24) is 5.32 Å². The lowest BCUT2D eigenvalue weighted by Crippen LogP contribution is -2.44. The van der Waals surface area contributed by atoms with E-state index in [1.165, 1.54) is 6.07 Å². The number of nitrogens with one attached hydrogen (secondary N) is 1. The van der Waals surface area contributed by atoms with Crippen LogP contribution >= 0.6 is 11.6 Å². The molecule has 1 N–H and O–H groups in total. The molecular formula is C18H22ClF3N2O2. The first-order chi connectivity index (χ1) is 12.2. The number of alkyl halides is 3. The van der Waals surface area contributed by atoms with E-state index in [-0.39, 0.29) is 16.8 Å². The van der Waals surface area contributed by atoms with Crippen LogP contribution in [-0.2, 0) is 15.8 Å². The fraction of sp³-hybridized carbons (Fsp3) is 0.556. The van der Waals surface area contributed by atoms with E-state index < -0.39 is 30.1 Å². The van der Waals surface area contributed by atoms with Crippen molar-refractivity contribution >= 4 is 29.1 Å². The van der Waals surface area contributed by atoms with Crippen LogP contribution in [0.15, 0.2) is 18.2 Å². The van der Waals surface area contributed by atoms with Gasteiger partial charge in [-0.2, -0.15) is 13.2 Å². The zero-order valence-corrected chi connectivity index (χ0v) is 15.3. The Morgan fingerprint density at radius 2 is 1.81 bits per heavy atom. The van der Waals surface area contributed by atoms with Crippen LogP contribution in [0.4, 0.5) is 18.9 Å². The van der Waals surface area contributed by atoms with Crippen LogP contribution in [0.2, 0.25) is 5.02 Å². The zero-order chi connectivity index (χ0) is 19.3. The van der Waals surface area contributed by atoms with Gasteiger partial charge in [-0.1, -0.05) is 37.3 Å². The van der Waals surface area contributed by atoms with Crippen molar-refractivity contribution < 1.29 is 22.8 Å². The Morgan fingerprint density at radius 1 is 1.19 bits per heavy atom. The summed E-state index contributed by atoms with van der Waals surface area (Å²) in [6, 6.07) is 3.15. The molecule has 1 fully saturated rings. The molecule has 0 aromatic heterocycles. The number of anilines is 1. The van der Waals surface area contributed by atoms with Gasteiger partial charge in [-0.25, -0.2) is 0 Å². The summed E-state index contributed by atoms with van der Waals surface area (Å²) >= 11 is 5.67. The first-order valence-electron chi connectivity index (χ1n) is 8.62. The minimum Gasteiger partial charge on any atom is -0.352 e. The van der Waals surface area contributed by atoms with E-state index in [2.05, 4.69) is 5.32 Å². The summed E-state index contributed by atoms with van der Waals surface area (Å²) < 4.78 is 39.9. The topological polar surface area (TPSA) is 49.4 Å². The predicted molar refractivity (Wildman–Crippen MR) is 94.1 cm³/mol. The first kappa shape index (κ1) is 20.6. The van der Waals surface area contributed by atoms with Crippen molar-refractivity contribution in [3.63, 3.8) is 0 Å². The minimum atomic E-state index is -4.69. The molecule has 0 radical (unpaired) electrons. The predicted octanol–water partition coefficient (Wildman–Crippen LogP) is 4.55. The Balaban J connectivity index is 2.19. The maximum atomic E-state index is 13.3. The minimum absolute atomic E-state index is 0.00566. The van der Waals surface area contributed by atoms with Gasteiger partial charge in [0.05, 0.1) is 11.3 Å². The smallest absolute Gasteiger partial charge is 0.352 e. The lowest BCUT2D eigenvalue weighted by Gasteiger charge is -2.26. The van der Waals surface area contributed by atoms with Crippen molar-refractivity contribution in [2.24, 2.45) is 0 Å². The Kier molecular flexibility index (Phi) is 6.92. The summed E-state index contributed by atoms with van der Waals surface area (Å²) in [5, 5.41) is 2.75. The highest BCUT2D eigenvalue weighted by atomic mass is 35.5. The Hall–Kier alpha value is -1.76. The summed E-state index contributed by atoms with van der Waals surface area (Å²) in [6.45, 7) is 0.671. The Morgan fingerprint density at radius 3 is 2.35 bits per heavy atom. The summed E-state index contributed by atoms with van der Waals surface area (Å²) in [6.07, 6.45) is 1.26. The van der Waals surface area contributed by atoms with E-state index in [1.807, 2.05) is 0 Å². The van der Waals surface area contributed by atoms with Crippen molar-refractivity contribution in [2.45, 2.75) is 57.7 Å². The van der Waals surface area contributed by atoms with E-state index in [4.69, 9.17) is 11.6 Å². The summed E-state index contributed by atoms with van der Waals surface area (Å²) in [5.41, 5.74) is -1.41. The molecule has 1 aliphatic rings. The van der Waals surface area contributed by atoms with Crippen LogP contribution in [0.1, 0.15) is 51.0 Å². The highest BCUT2D eigenvalue weighted by Gasteiger charge is 2.36. The third-order valence-electron chi connectivity index (χ3n) is 4.46. The van der Waals surface area contributed by atoms with Crippen LogP contribution in [0.3, 0.4) is 0 Å². The van der Waals surface area contributed by atoms with Crippen LogP contribution in [0.25, 0.3) is 0 Å². The van der Waals surface area contributed by atoms with Gasteiger partial charge in [0.2, 0.25) is 11.8 Å². The Bertz CT molecular complexity index is 656. The van der Waals surface area contributed by atoms with Gasteiger partial charge in [-0.05, 0) is 31.0 Å². The summed E-state index contributed by atoms with van der Waals surface area (Å²) in [4.78, 5) is 25.1. The summed E-state index contributed by atoms with van der Waals surface area (Å²) in [7, 11) is 0. The molecule has 0 spiro atoms. The first-order valence-corrected chi connectivity index (χ1v) is 9.00. The van der Waals surface area contributed by atoms with Gasteiger partial charge in [0.1, 0.15) is 6.54 Å². The molecule has 0 aliphatic heterocycles. The molecule has 0 saturated heterocycles. The molecule has 0 heterocycles. The molecule has 144 valence electrons. The molecule has 4 nitrogen and oxygen atoms in total. The van der Waals surface area contributed by atoms with Crippen molar-refractivity contribution in [1.29, 1.82) is 0 Å². The molecule has 1 aliphatic carbocycles. The second-order valence-electron chi connectivity index (χ2n) is 6.52. The van der Waals surface area contributed by atoms with Crippen LogP contribution < -0.4 is 10.2 Å². The monoisotopic (exact) mass is 390 g/mol. The molecule has 0 atom stereocenters. The second kappa shape index (κ2) is 8.75. The van der Waals surface area contributed by atoms with E-state index >= 15 is 0 Å². The largest absolute Gasteiger partial charge is 0.418 e. The zero-order valence-electron chi connectivity index (χ0n) is 14.5. The fourth-order valence-electron chi connectivity index (χ4n) is 3.18. The van der Waals surface area contributed by atoms with Crippen LogP contribution in [-0.4, -0.2) is 24.4 Å². The van der Waals surface area contributed by atoms with E-state index in [0.717, 1.165) is 62.5 Å². The van der Waals surface area contributed by atoms with Gasteiger partial charge in [0.15, 0.2) is 0 Å². The SMILES string of the molecule is CC(=O)N(CC(=O)NC1CCCCCC1)c1ccc(Cl)cc1C(F)(F)F. The van der Waals surface area contributed by atoms with Crippen molar-refractivity contribution in [3.8, 4) is 0 Å². The number of halogens is 4. The second-order valence-corrected chi connectivity index (χ2v) is 6.96. The molecule has 0 unspecified atom stereocenters. The number of carbonyl (C=O) groups is 2. The molecule has 8 heteroatoms. The standard InChI is InChI=1S/C18H22ClF3N2O2/c1-12(25)24(11-17(26)23-14-6-4-2-3-5-7-14)16-9-8-13(19)10-15(16)18(20,21)22/h8-10,14H,2-7,11H2,1H3,(H,23,26). The number of hydrogen-bond acceptors (Lipinski definition) is 2. The number of carbonyl (C=O) groups excluding carboxylic acids is 2. The maximum Gasteiger partial charge on any atom is 0.418 e. The quantitative estimate of drug-likeness (QED) is 0.767. The molecule has 1 aromatic carbocycles. The van der Waals surface area contributed by atoms with Crippen molar-refractivity contribution in [3.05, 3.63) is 28.8 Å². The molecule has 26 heavy (non-hydrogen) atoms. The maximum absolute atomic E-state index is 13.3. The van der Waals surface area contributed by atoms with Crippen LogP contribution in [0, 0.1) is 0 Å². The van der Waals surface area contributed by atoms with Gasteiger partial charge < -0.3 is 10.2 Å². The summed E-state index contributed by atoms with van der Waals surface area (Å²) in [5.74, 6) is -1.11. The highest BCUT2D eigenvalue weighted by molar-refractivity contribution is 6.30. The molecule has 2 amide bonds. The third-order valence-corrected chi connectivity index (χ3v) is 4.69. The highest BCUT2D eigenvalue weighted by Crippen LogP contribution is 2.38. The van der Waals surface area contributed by atoms with Crippen molar-refractivity contribution in [2.75, 3.05) is 11.4 Å². The van der Waals surface area contributed by atoms with Gasteiger partial charge >= 0.3 is 6.18 Å². The van der Waals surface area contributed by atoms with Gasteiger partial charge in [0.25, 0.3) is 0 Å². The van der Waals surface area contributed by atoms with Crippen LogP contribution in [0.5, 0.6) is 0 Å². The van der Waals surface area contributed by atoms with E-state index in [0.29, 0.717) is 0 Å². The number of amides is 2. The molecule has 2 rings (SSSR count). The Labute approximate surface area is 155 Å². The molecule has 1 aromatic rings. The fourth-order valence-corrected chi connectivity index (χ4v) is 3.35. The van der Waals surface area contributed by atoms with E-state index in [1.54, 1.807) is 0 Å². The van der Waals surface area contributed by atoms with E-state index in [9.17, 15) is 22.8 Å². The number of rotatable bonds is 4. The average Bonchev–Trinajstić information content (AvgIpc) is 2.80. The number of benzene rings is 1. The molecule has 0 bridgehead atoms. The third kappa shape index (κ3) is 5.62. The number of hydrogen-bond donors (Lipinski definition) is 1. The lowest BCUT2D eigenvalue weighted by atomic mass is 10.1.